The van der Waals surface area contributed by atoms with Gasteiger partial charge >= 0.3 is 0 Å². The summed E-state index contributed by atoms with van der Waals surface area (Å²) in [6, 6.07) is 20.0. The average Bonchev–Trinajstić information content (AvgIpc) is 2.82. The predicted octanol–water partition coefficient (Wildman–Crippen LogP) is 6.97. The van der Waals surface area contributed by atoms with E-state index < -0.39 is 5.91 Å². The Kier molecular flexibility index (Phi) is 9.22. The molecule has 3 aromatic carbocycles. The highest BCUT2D eigenvalue weighted by atomic mass is 127. The van der Waals surface area contributed by atoms with Gasteiger partial charge in [0, 0.05) is 15.6 Å². The molecule has 0 spiro atoms. The summed E-state index contributed by atoms with van der Waals surface area (Å²) in [5, 5.41) is 13.5. The van der Waals surface area contributed by atoms with Crippen LogP contribution >= 0.6 is 45.8 Å². The lowest BCUT2D eigenvalue weighted by atomic mass is 10.1. The van der Waals surface area contributed by atoms with E-state index in [1.807, 2.05) is 49.4 Å². The Morgan fingerprint density at radius 3 is 2.56 bits per heavy atom. The van der Waals surface area contributed by atoms with Crippen molar-refractivity contribution in [2.24, 2.45) is 0 Å². The lowest BCUT2D eigenvalue weighted by Crippen LogP contribution is -2.27. The number of benzene rings is 3. The summed E-state index contributed by atoms with van der Waals surface area (Å²) in [6.07, 6.45) is 1.53. The number of methoxy groups -OCH3 is 1. The summed E-state index contributed by atoms with van der Waals surface area (Å²) in [4.78, 5) is 12.7. The summed E-state index contributed by atoms with van der Waals surface area (Å²) in [5.74, 6) is 0.552. The molecule has 0 unspecified atom stereocenters. The van der Waals surface area contributed by atoms with E-state index in [0.717, 1.165) is 14.7 Å². The van der Waals surface area contributed by atoms with Gasteiger partial charge in [0.05, 0.1) is 16.7 Å². The topological polar surface area (TPSA) is 71.3 Å². The Bertz CT molecular complexity index is 1260. The third-order valence-electron chi connectivity index (χ3n) is 4.96. The van der Waals surface area contributed by atoms with Gasteiger partial charge in [0.2, 0.25) is 0 Å². The van der Waals surface area contributed by atoms with Crippen molar-refractivity contribution >= 4 is 57.8 Å². The molecule has 3 rings (SSSR count). The molecule has 0 fully saturated rings. The minimum absolute atomic E-state index is 0.0118. The summed E-state index contributed by atoms with van der Waals surface area (Å²) < 4.78 is 12.2. The predicted molar refractivity (Wildman–Crippen MR) is 143 cm³/mol. The number of amides is 1. The maximum absolute atomic E-state index is 12.7. The highest BCUT2D eigenvalue weighted by Gasteiger charge is 2.16. The van der Waals surface area contributed by atoms with Crippen molar-refractivity contribution in [1.29, 1.82) is 5.26 Å². The molecule has 174 valence electrons. The normalized spacial score (nSPS) is 11.9. The Morgan fingerprint density at radius 2 is 1.91 bits per heavy atom. The number of halogens is 3. The first-order valence-electron chi connectivity index (χ1n) is 10.2. The van der Waals surface area contributed by atoms with Crippen molar-refractivity contribution in [2.75, 3.05) is 7.11 Å². The summed E-state index contributed by atoms with van der Waals surface area (Å²) in [6.45, 7) is 2.09. The van der Waals surface area contributed by atoms with Crippen molar-refractivity contribution in [3.05, 3.63) is 96.5 Å². The number of nitrogens with one attached hydrogen (secondary N) is 1. The van der Waals surface area contributed by atoms with Crippen LogP contribution in [-0.2, 0) is 11.4 Å². The lowest BCUT2D eigenvalue weighted by Gasteiger charge is -2.15. The molecule has 0 heterocycles. The van der Waals surface area contributed by atoms with Gasteiger partial charge in [0.25, 0.3) is 5.91 Å². The Hall–Kier alpha value is -2.73. The van der Waals surface area contributed by atoms with E-state index in [0.29, 0.717) is 27.1 Å². The SMILES string of the molecule is COc1cc(/C=C(/C#N)C(=O)N[C@@H](C)c2ccccc2)cc(I)c1OCc1ccc(Cl)cc1Cl. The van der Waals surface area contributed by atoms with Crippen LogP contribution in [0.4, 0.5) is 0 Å². The lowest BCUT2D eigenvalue weighted by molar-refractivity contribution is -0.117. The number of hydrogen-bond donors (Lipinski definition) is 1. The monoisotopic (exact) mass is 606 g/mol. The maximum atomic E-state index is 12.7. The zero-order valence-corrected chi connectivity index (χ0v) is 22.1. The molecule has 1 atom stereocenters. The molecule has 0 radical (unpaired) electrons. The van der Waals surface area contributed by atoms with Gasteiger partial charge in [-0.25, -0.2) is 0 Å². The van der Waals surface area contributed by atoms with Gasteiger partial charge in [-0.2, -0.15) is 5.26 Å². The molecular formula is C26H21Cl2IN2O3. The fourth-order valence-corrected chi connectivity index (χ4v) is 4.41. The van der Waals surface area contributed by atoms with Gasteiger partial charge in [-0.1, -0.05) is 59.6 Å². The molecule has 0 bridgehead atoms. The van der Waals surface area contributed by atoms with Crippen LogP contribution in [0.5, 0.6) is 11.5 Å². The molecule has 0 saturated carbocycles. The zero-order chi connectivity index (χ0) is 24.7. The summed E-state index contributed by atoms with van der Waals surface area (Å²) >= 11 is 14.3. The second-order valence-corrected chi connectivity index (χ2v) is 9.34. The third-order valence-corrected chi connectivity index (χ3v) is 6.35. The number of nitriles is 1. The van der Waals surface area contributed by atoms with Crippen molar-refractivity contribution in [3.63, 3.8) is 0 Å². The fourth-order valence-electron chi connectivity index (χ4n) is 3.17. The molecule has 0 aromatic heterocycles. The van der Waals surface area contributed by atoms with E-state index in [4.69, 9.17) is 32.7 Å². The number of hydrogen-bond acceptors (Lipinski definition) is 4. The van der Waals surface area contributed by atoms with Gasteiger partial charge in [0.1, 0.15) is 18.2 Å². The first-order chi connectivity index (χ1) is 16.3. The van der Waals surface area contributed by atoms with Gasteiger partial charge in [-0.05, 0) is 71.0 Å². The molecule has 0 saturated heterocycles. The van der Waals surface area contributed by atoms with Crippen LogP contribution in [0.2, 0.25) is 10.0 Å². The highest BCUT2D eigenvalue weighted by molar-refractivity contribution is 14.1. The summed E-state index contributed by atoms with van der Waals surface area (Å²) in [7, 11) is 1.53. The van der Waals surface area contributed by atoms with Crippen molar-refractivity contribution in [3.8, 4) is 17.6 Å². The van der Waals surface area contributed by atoms with Crippen LogP contribution in [0.15, 0.2) is 66.2 Å². The number of nitrogens with zero attached hydrogens (tertiary/aromatic N) is 1. The molecular weight excluding hydrogens is 586 g/mol. The van der Waals surface area contributed by atoms with E-state index >= 15 is 0 Å². The van der Waals surface area contributed by atoms with Crippen LogP contribution in [0.25, 0.3) is 6.08 Å². The van der Waals surface area contributed by atoms with Crippen LogP contribution in [0, 0.1) is 14.9 Å². The van der Waals surface area contributed by atoms with E-state index in [2.05, 4.69) is 27.9 Å². The molecule has 0 aliphatic rings. The Balaban J connectivity index is 1.80. The number of rotatable bonds is 8. The van der Waals surface area contributed by atoms with Gasteiger partial charge < -0.3 is 14.8 Å². The average molecular weight is 607 g/mol. The smallest absolute Gasteiger partial charge is 0.262 e. The maximum Gasteiger partial charge on any atom is 0.262 e. The number of carbonyl (C=O) groups is 1. The van der Waals surface area contributed by atoms with Gasteiger partial charge in [0.15, 0.2) is 11.5 Å². The van der Waals surface area contributed by atoms with E-state index in [-0.39, 0.29) is 18.2 Å². The number of ether oxygens (including phenoxy) is 2. The van der Waals surface area contributed by atoms with Crippen LogP contribution in [0.1, 0.15) is 29.7 Å². The zero-order valence-electron chi connectivity index (χ0n) is 18.4. The molecule has 8 heteroatoms. The quantitative estimate of drug-likeness (QED) is 0.171. The van der Waals surface area contributed by atoms with E-state index in [1.54, 1.807) is 24.3 Å². The van der Waals surface area contributed by atoms with E-state index in [1.165, 1.54) is 13.2 Å². The van der Waals surface area contributed by atoms with Gasteiger partial charge in [-0.3, -0.25) is 4.79 Å². The second-order valence-electron chi connectivity index (χ2n) is 7.33. The van der Waals surface area contributed by atoms with Crippen molar-refractivity contribution < 1.29 is 14.3 Å². The minimum Gasteiger partial charge on any atom is -0.493 e. The highest BCUT2D eigenvalue weighted by Crippen LogP contribution is 2.36. The molecule has 0 aliphatic heterocycles. The molecule has 3 aromatic rings. The Morgan fingerprint density at radius 1 is 1.18 bits per heavy atom. The summed E-state index contributed by atoms with van der Waals surface area (Å²) in [5.41, 5.74) is 2.36. The van der Waals surface area contributed by atoms with Crippen molar-refractivity contribution in [2.45, 2.75) is 19.6 Å². The fraction of sp³-hybridized carbons (Fsp3) is 0.154. The largest absolute Gasteiger partial charge is 0.493 e. The second kappa shape index (κ2) is 12.1. The van der Waals surface area contributed by atoms with E-state index in [9.17, 15) is 10.1 Å². The molecule has 5 nitrogen and oxygen atoms in total. The Labute approximate surface area is 222 Å². The molecule has 0 aliphatic carbocycles. The molecule has 34 heavy (non-hydrogen) atoms. The van der Waals surface area contributed by atoms with Gasteiger partial charge in [-0.15, -0.1) is 0 Å². The molecule has 1 amide bonds. The standard InChI is InChI=1S/C26H21Cl2IN2O3/c1-16(18-6-4-3-5-7-18)31-26(32)20(14-30)10-17-11-23(29)25(24(12-17)33-2)34-15-19-8-9-21(27)13-22(19)28/h3-13,16H,15H2,1-2H3,(H,31,32)/b20-10-/t16-/m0/s1. The first-order valence-corrected chi connectivity index (χ1v) is 12.1. The third kappa shape index (κ3) is 6.66. The first kappa shape index (κ1) is 25.9. The molecule has 1 N–H and O–H groups in total. The van der Waals surface area contributed by atoms with Crippen molar-refractivity contribution in [1.82, 2.24) is 5.32 Å². The van der Waals surface area contributed by atoms with Crippen LogP contribution in [0.3, 0.4) is 0 Å². The number of carbonyl (C=O) groups excluding carboxylic acids is 1. The minimum atomic E-state index is -0.453. The van der Waals surface area contributed by atoms with Crippen LogP contribution in [-0.4, -0.2) is 13.0 Å². The van der Waals surface area contributed by atoms with Crippen LogP contribution < -0.4 is 14.8 Å².